The molecule has 106 valence electrons. The highest BCUT2D eigenvalue weighted by Gasteiger charge is 2.18. The van der Waals surface area contributed by atoms with Crippen LogP contribution < -0.4 is 9.44 Å². The minimum absolute atomic E-state index is 0.0132. The zero-order chi connectivity index (χ0) is 14.8. The van der Waals surface area contributed by atoms with Crippen LogP contribution in [-0.2, 0) is 20.0 Å². The fourth-order valence-corrected chi connectivity index (χ4v) is 2.37. The number of rotatable bonds is 5. The van der Waals surface area contributed by atoms with Gasteiger partial charge in [0.05, 0.1) is 23.1 Å². The van der Waals surface area contributed by atoms with Gasteiger partial charge in [0.25, 0.3) is 5.69 Å². The molecular formula is C8H11N3O6S2. The normalized spacial score (nSPS) is 11.9. The largest absolute Gasteiger partial charge is 0.293 e. The molecule has 1 rings (SSSR count). The highest BCUT2D eigenvalue weighted by atomic mass is 32.2. The summed E-state index contributed by atoms with van der Waals surface area (Å²) in [5.74, 6) is 0. The molecule has 0 aliphatic heterocycles. The highest BCUT2D eigenvalue weighted by Crippen LogP contribution is 2.28. The average Bonchev–Trinajstić information content (AvgIpc) is 2.11. The summed E-state index contributed by atoms with van der Waals surface area (Å²) in [5.41, 5.74) is -0.787. The van der Waals surface area contributed by atoms with E-state index in [0.717, 1.165) is 30.7 Å². The second-order valence-electron chi connectivity index (χ2n) is 3.74. The number of hydrogen-bond donors (Lipinski definition) is 2. The lowest BCUT2D eigenvalue weighted by molar-refractivity contribution is -0.383. The number of nitro groups is 1. The van der Waals surface area contributed by atoms with Crippen LogP contribution >= 0.6 is 0 Å². The summed E-state index contributed by atoms with van der Waals surface area (Å²) in [5, 5.41) is 10.7. The van der Waals surface area contributed by atoms with Crippen LogP contribution in [0.2, 0.25) is 0 Å². The van der Waals surface area contributed by atoms with Crippen molar-refractivity contribution in [2.75, 3.05) is 22.0 Å². The van der Waals surface area contributed by atoms with Crippen LogP contribution in [0.1, 0.15) is 0 Å². The zero-order valence-electron chi connectivity index (χ0n) is 9.95. The van der Waals surface area contributed by atoms with Crippen molar-refractivity contribution in [2.45, 2.75) is 0 Å². The van der Waals surface area contributed by atoms with Gasteiger partial charge in [-0.05, 0) is 12.1 Å². The van der Waals surface area contributed by atoms with Crippen molar-refractivity contribution >= 4 is 37.1 Å². The molecule has 0 atom stereocenters. The first-order chi connectivity index (χ1) is 8.48. The van der Waals surface area contributed by atoms with Crippen molar-refractivity contribution in [3.05, 3.63) is 28.3 Å². The topological polar surface area (TPSA) is 135 Å². The van der Waals surface area contributed by atoms with Crippen LogP contribution in [0, 0.1) is 10.1 Å². The molecule has 0 radical (unpaired) electrons. The van der Waals surface area contributed by atoms with Gasteiger partial charge in [-0.2, -0.15) is 0 Å². The first kappa shape index (κ1) is 15.2. The fourth-order valence-electron chi connectivity index (χ4n) is 1.25. The molecule has 0 fully saturated rings. The lowest BCUT2D eigenvalue weighted by atomic mass is 10.2. The first-order valence-electron chi connectivity index (χ1n) is 4.72. The Morgan fingerprint density at radius 2 is 1.58 bits per heavy atom. The molecule has 1 aromatic rings. The quantitative estimate of drug-likeness (QED) is 0.594. The Kier molecular flexibility index (Phi) is 4.00. The molecule has 0 aromatic heterocycles. The molecule has 0 amide bonds. The molecular weight excluding hydrogens is 298 g/mol. The first-order valence-corrected chi connectivity index (χ1v) is 8.50. The standard InChI is InChI=1S/C8H11N3O6S2/c1-18(14,15)9-6-3-4-8(11(12)13)7(5-6)10-19(2,16)17/h3-5,9-10H,1-2H3. The second kappa shape index (κ2) is 5.01. The van der Waals surface area contributed by atoms with E-state index in [9.17, 15) is 26.9 Å². The van der Waals surface area contributed by atoms with Gasteiger partial charge in [-0.25, -0.2) is 16.8 Å². The number of nitro benzene ring substituents is 1. The van der Waals surface area contributed by atoms with E-state index >= 15 is 0 Å². The van der Waals surface area contributed by atoms with Crippen molar-refractivity contribution in [1.29, 1.82) is 0 Å². The van der Waals surface area contributed by atoms with Gasteiger partial charge in [-0.1, -0.05) is 0 Å². The van der Waals surface area contributed by atoms with Crippen LogP contribution in [0.15, 0.2) is 18.2 Å². The van der Waals surface area contributed by atoms with E-state index in [-0.39, 0.29) is 11.4 Å². The summed E-state index contributed by atoms with van der Waals surface area (Å²) in [6.45, 7) is 0. The third kappa shape index (κ3) is 5.09. The molecule has 9 nitrogen and oxygen atoms in total. The van der Waals surface area contributed by atoms with E-state index in [1.165, 1.54) is 0 Å². The molecule has 0 saturated carbocycles. The summed E-state index contributed by atoms with van der Waals surface area (Å²) < 4.78 is 48.3. The second-order valence-corrected chi connectivity index (χ2v) is 7.23. The fraction of sp³-hybridized carbons (Fsp3) is 0.250. The smallest absolute Gasteiger partial charge is 0.284 e. The SMILES string of the molecule is CS(=O)(=O)Nc1ccc([N+](=O)[O-])c(NS(C)(=O)=O)c1. The van der Waals surface area contributed by atoms with Crippen molar-refractivity contribution < 1.29 is 21.8 Å². The van der Waals surface area contributed by atoms with Crippen LogP contribution in [0.3, 0.4) is 0 Å². The molecule has 0 aliphatic carbocycles. The molecule has 0 spiro atoms. The van der Waals surface area contributed by atoms with Crippen molar-refractivity contribution in [3.8, 4) is 0 Å². The molecule has 2 N–H and O–H groups in total. The summed E-state index contributed by atoms with van der Waals surface area (Å²) in [6.07, 6.45) is 1.73. The van der Waals surface area contributed by atoms with Gasteiger partial charge in [0, 0.05) is 6.07 Å². The van der Waals surface area contributed by atoms with Crippen LogP contribution in [-0.4, -0.2) is 34.3 Å². The van der Waals surface area contributed by atoms with E-state index in [1.54, 1.807) is 0 Å². The third-order valence-electron chi connectivity index (χ3n) is 1.79. The van der Waals surface area contributed by atoms with E-state index in [2.05, 4.69) is 4.72 Å². The maximum atomic E-state index is 11.1. The number of anilines is 2. The van der Waals surface area contributed by atoms with E-state index < -0.39 is 30.7 Å². The van der Waals surface area contributed by atoms with E-state index in [1.807, 2.05) is 4.72 Å². The molecule has 11 heteroatoms. The lowest BCUT2D eigenvalue weighted by Gasteiger charge is -2.08. The lowest BCUT2D eigenvalue weighted by Crippen LogP contribution is -2.13. The van der Waals surface area contributed by atoms with Gasteiger partial charge >= 0.3 is 0 Å². The van der Waals surface area contributed by atoms with Crippen molar-refractivity contribution in [2.24, 2.45) is 0 Å². The van der Waals surface area contributed by atoms with Gasteiger partial charge in [0.2, 0.25) is 20.0 Å². The Morgan fingerprint density at radius 1 is 1.05 bits per heavy atom. The van der Waals surface area contributed by atoms with Crippen molar-refractivity contribution in [1.82, 2.24) is 0 Å². The summed E-state index contributed by atoms with van der Waals surface area (Å²) in [6, 6.07) is 3.19. The predicted molar refractivity (Wildman–Crippen MR) is 70.0 cm³/mol. The number of sulfonamides is 2. The molecule has 0 aliphatic rings. The number of hydrogen-bond acceptors (Lipinski definition) is 6. The van der Waals surface area contributed by atoms with E-state index in [0.29, 0.717) is 0 Å². The third-order valence-corrected chi connectivity index (χ3v) is 2.99. The van der Waals surface area contributed by atoms with Gasteiger partial charge in [-0.15, -0.1) is 0 Å². The molecule has 0 unspecified atom stereocenters. The Morgan fingerprint density at radius 3 is 2.00 bits per heavy atom. The monoisotopic (exact) mass is 309 g/mol. The Hall–Kier alpha value is -1.88. The Labute approximate surface area is 109 Å². The van der Waals surface area contributed by atoms with Crippen LogP contribution in [0.5, 0.6) is 0 Å². The highest BCUT2D eigenvalue weighted by molar-refractivity contribution is 7.92. The Bertz CT molecular complexity index is 710. The van der Waals surface area contributed by atoms with Gasteiger partial charge in [-0.3, -0.25) is 19.6 Å². The Balaban J connectivity index is 3.30. The minimum Gasteiger partial charge on any atom is -0.284 e. The number of nitrogens with zero attached hydrogens (tertiary/aromatic N) is 1. The molecule has 1 aromatic carbocycles. The molecule has 19 heavy (non-hydrogen) atoms. The van der Waals surface area contributed by atoms with Gasteiger partial charge in [0.1, 0.15) is 5.69 Å². The maximum absolute atomic E-state index is 11.1. The van der Waals surface area contributed by atoms with Crippen LogP contribution in [0.25, 0.3) is 0 Å². The number of benzene rings is 1. The predicted octanol–water partition coefficient (Wildman–Crippen LogP) is 0.338. The summed E-state index contributed by atoms with van der Waals surface area (Å²) in [7, 11) is -7.29. The van der Waals surface area contributed by atoms with Crippen LogP contribution in [0.4, 0.5) is 17.1 Å². The minimum atomic E-state index is -3.73. The molecule has 0 heterocycles. The number of nitrogens with one attached hydrogen (secondary N) is 2. The maximum Gasteiger partial charge on any atom is 0.293 e. The average molecular weight is 309 g/mol. The molecule has 0 bridgehead atoms. The van der Waals surface area contributed by atoms with Gasteiger partial charge in [0.15, 0.2) is 0 Å². The van der Waals surface area contributed by atoms with Crippen molar-refractivity contribution in [3.63, 3.8) is 0 Å². The summed E-state index contributed by atoms with van der Waals surface area (Å²) >= 11 is 0. The molecule has 0 saturated heterocycles. The van der Waals surface area contributed by atoms with E-state index in [4.69, 9.17) is 0 Å². The van der Waals surface area contributed by atoms with Gasteiger partial charge < -0.3 is 0 Å². The summed E-state index contributed by atoms with van der Waals surface area (Å²) in [4.78, 5) is 9.96. The zero-order valence-corrected chi connectivity index (χ0v) is 11.6.